The fraction of sp³-hybridized carbons (Fsp3) is 0.269. The Balaban J connectivity index is 1.61. The number of nitrogens with zero attached hydrogens (tertiary/aromatic N) is 1. The van der Waals surface area contributed by atoms with Crippen molar-refractivity contribution >= 4 is 46.5 Å². The van der Waals surface area contributed by atoms with Gasteiger partial charge in [0.2, 0.25) is 5.91 Å². The van der Waals surface area contributed by atoms with E-state index in [0.29, 0.717) is 27.7 Å². The number of anilines is 1. The lowest BCUT2D eigenvalue weighted by Gasteiger charge is -2.25. The van der Waals surface area contributed by atoms with Crippen LogP contribution < -0.4 is 10.6 Å². The van der Waals surface area contributed by atoms with E-state index in [9.17, 15) is 14.4 Å². The predicted molar refractivity (Wildman–Crippen MR) is 137 cm³/mol. The zero-order valence-electron chi connectivity index (χ0n) is 19.4. The van der Waals surface area contributed by atoms with Crippen molar-refractivity contribution in [2.75, 3.05) is 11.9 Å². The number of nitrogens with one attached hydrogen (secondary N) is 2. The van der Waals surface area contributed by atoms with Crippen LogP contribution in [-0.2, 0) is 16.1 Å². The average molecular weight is 512 g/mol. The van der Waals surface area contributed by atoms with Gasteiger partial charge in [0.05, 0.1) is 11.4 Å². The van der Waals surface area contributed by atoms with Gasteiger partial charge in [-0.25, -0.2) is 4.79 Å². The molecule has 1 fully saturated rings. The van der Waals surface area contributed by atoms with Gasteiger partial charge in [-0.3, -0.25) is 14.5 Å². The monoisotopic (exact) mass is 511 g/mol. The van der Waals surface area contributed by atoms with Gasteiger partial charge in [-0.2, -0.15) is 0 Å². The molecule has 2 atom stereocenters. The van der Waals surface area contributed by atoms with Crippen molar-refractivity contribution in [3.05, 3.63) is 87.1 Å². The number of carbonyl (C=O) groups excluding carboxylic acids is 3. The summed E-state index contributed by atoms with van der Waals surface area (Å²) >= 11 is 7.47. The first-order valence-electron chi connectivity index (χ1n) is 11.3. The second kappa shape index (κ2) is 10.9. The van der Waals surface area contributed by atoms with Crippen molar-refractivity contribution < 1.29 is 19.1 Å². The first-order valence-corrected chi connectivity index (χ1v) is 12.5. The molecule has 2 heterocycles. The van der Waals surface area contributed by atoms with Crippen molar-refractivity contribution in [3.63, 3.8) is 0 Å². The topological polar surface area (TPSA) is 87.7 Å². The van der Waals surface area contributed by atoms with E-state index in [-0.39, 0.29) is 24.3 Å². The van der Waals surface area contributed by atoms with E-state index in [1.165, 1.54) is 16.2 Å². The van der Waals surface area contributed by atoms with Crippen LogP contribution in [0.1, 0.15) is 40.8 Å². The van der Waals surface area contributed by atoms with E-state index in [1.807, 2.05) is 31.4 Å². The molecule has 7 nitrogen and oxygen atoms in total. The summed E-state index contributed by atoms with van der Waals surface area (Å²) in [6, 6.07) is 16.8. The molecule has 0 radical (unpaired) electrons. The zero-order chi connectivity index (χ0) is 24.9. The molecular formula is C26H26ClN3O4S. The molecule has 9 heteroatoms. The number of hydrogen-bond donors (Lipinski definition) is 2. The maximum absolute atomic E-state index is 13.3. The number of carbonyl (C=O) groups is 3. The highest BCUT2D eigenvalue weighted by Crippen LogP contribution is 2.35. The van der Waals surface area contributed by atoms with E-state index in [4.69, 9.17) is 16.3 Å². The van der Waals surface area contributed by atoms with Crippen molar-refractivity contribution in [2.24, 2.45) is 5.92 Å². The lowest BCUT2D eigenvalue weighted by atomic mass is 10.00. The third kappa shape index (κ3) is 6.01. The molecule has 0 aliphatic carbocycles. The van der Waals surface area contributed by atoms with Crippen LogP contribution in [-0.4, -0.2) is 35.4 Å². The minimum absolute atomic E-state index is 0.171. The Kier molecular flexibility index (Phi) is 7.73. The van der Waals surface area contributed by atoms with Crippen LogP contribution in [0.15, 0.2) is 66.0 Å². The number of cyclic esters (lactones) is 1. The first kappa shape index (κ1) is 24.8. The highest BCUT2D eigenvalue weighted by atomic mass is 35.5. The predicted octanol–water partition coefficient (Wildman–Crippen LogP) is 5.49. The van der Waals surface area contributed by atoms with Crippen molar-refractivity contribution in [1.82, 2.24) is 10.2 Å². The van der Waals surface area contributed by atoms with Crippen LogP contribution >= 0.6 is 22.9 Å². The number of halogens is 1. The minimum atomic E-state index is -0.886. The van der Waals surface area contributed by atoms with E-state index in [2.05, 4.69) is 10.6 Å². The van der Waals surface area contributed by atoms with Crippen molar-refractivity contribution in [1.29, 1.82) is 0 Å². The highest BCUT2D eigenvalue weighted by molar-refractivity contribution is 7.12. The molecule has 0 saturated carbocycles. The standard InChI is InChI=1S/C26H26ClN3O4S/c1-16(2)14-28-25(32)22-23(34-26(33)30(22)15-17-6-3-8-19(27)12-17)18-7-4-9-20(13-18)29-24(31)21-10-5-11-35-21/h3-13,16,22-23H,14-15H2,1-2H3,(H,28,32)(H,29,31)/t22-,23+/m0/s1. The fourth-order valence-electron chi connectivity index (χ4n) is 3.85. The Labute approximate surface area is 213 Å². The first-order chi connectivity index (χ1) is 16.8. The second-order valence-corrected chi connectivity index (χ2v) is 10.1. The molecule has 3 amide bonds. The highest BCUT2D eigenvalue weighted by Gasteiger charge is 2.47. The number of benzene rings is 2. The average Bonchev–Trinajstić information content (AvgIpc) is 3.47. The number of rotatable bonds is 8. The number of hydrogen-bond acceptors (Lipinski definition) is 5. The maximum Gasteiger partial charge on any atom is 0.411 e. The Morgan fingerprint density at radius 1 is 1.11 bits per heavy atom. The van der Waals surface area contributed by atoms with Gasteiger partial charge in [-0.1, -0.05) is 55.8 Å². The van der Waals surface area contributed by atoms with Gasteiger partial charge in [0.25, 0.3) is 5.91 Å². The quantitative estimate of drug-likeness (QED) is 0.418. The van der Waals surface area contributed by atoms with E-state index >= 15 is 0 Å². The van der Waals surface area contributed by atoms with Crippen molar-refractivity contribution in [2.45, 2.75) is 32.5 Å². The summed E-state index contributed by atoms with van der Waals surface area (Å²) in [6.07, 6.45) is -1.43. The van der Waals surface area contributed by atoms with Gasteiger partial charge in [0.15, 0.2) is 12.1 Å². The summed E-state index contributed by atoms with van der Waals surface area (Å²) < 4.78 is 5.72. The molecule has 4 rings (SSSR count). The molecule has 0 unspecified atom stereocenters. The van der Waals surface area contributed by atoms with Gasteiger partial charge in [0, 0.05) is 17.3 Å². The van der Waals surface area contributed by atoms with Crippen LogP contribution in [0, 0.1) is 5.92 Å². The summed E-state index contributed by atoms with van der Waals surface area (Å²) in [5.74, 6) is -0.286. The number of ether oxygens (including phenoxy) is 1. The Morgan fingerprint density at radius 3 is 2.63 bits per heavy atom. The second-order valence-electron chi connectivity index (χ2n) is 8.70. The SMILES string of the molecule is CC(C)CNC(=O)[C@@H]1[C@@H](c2cccc(NC(=O)c3cccs3)c2)OC(=O)N1Cc1cccc(Cl)c1. The Bertz CT molecular complexity index is 1210. The molecule has 1 aromatic heterocycles. The minimum Gasteiger partial charge on any atom is -0.438 e. The molecular weight excluding hydrogens is 486 g/mol. The lowest BCUT2D eigenvalue weighted by molar-refractivity contribution is -0.126. The zero-order valence-corrected chi connectivity index (χ0v) is 20.9. The fourth-order valence-corrected chi connectivity index (χ4v) is 4.68. The van der Waals surface area contributed by atoms with E-state index < -0.39 is 18.2 Å². The van der Waals surface area contributed by atoms with Crippen LogP contribution in [0.4, 0.5) is 10.5 Å². The third-order valence-corrected chi connectivity index (χ3v) is 6.60. The molecule has 2 aromatic carbocycles. The van der Waals surface area contributed by atoms with Gasteiger partial charge in [0.1, 0.15) is 0 Å². The summed E-state index contributed by atoms with van der Waals surface area (Å²) in [4.78, 5) is 40.7. The smallest absolute Gasteiger partial charge is 0.411 e. The van der Waals surface area contributed by atoms with Gasteiger partial charge in [-0.15, -0.1) is 11.3 Å². The molecule has 0 bridgehead atoms. The number of amides is 3. The Morgan fingerprint density at radius 2 is 1.91 bits per heavy atom. The molecule has 3 aromatic rings. The van der Waals surface area contributed by atoms with Crippen molar-refractivity contribution in [3.8, 4) is 0 Å². The molecule has 0 spiro atoms. The largest absolute Gasteiger partial charge is 0.438 e. The summed E-state index contributed by atoms with van der Waals surface area (Å²) in [5, 5.41) is 8.17. The molecule has 35 heavy (non-hydrogen) atoms. The normalized spacial score (nSPS) is 17.4. The molecule has 1 saturated heterocycles. The van der Waals surface area contributed by atoms with Gasteiger partial charge >= 0.3 is 6.09 Å². The molecule has 182 valence electrons. The molecule has 1 aliphatic heterocycles. The number of thiophene rings is 1. The van der Waals surface area contributed by atoms with Crippen LogP contribution in [0.5, 0.6) is 0 Å². The van der Waals surface area contributed by atoms with E-state index in [1.54, 1.807) is 48.5 Å². The molecule has 1 aliphatic rings. The van der Waals surface area contributed by atoms with Crippen LogP contribution in [0.25, 0.3) is 0 Å². The van der Waals surface area contributed by atoms with Crippen LogP contribution in [0.2, 0.25) is 5.02 Å². The van der Waals surface area contributed by atoms with E-state index in [0.717, 1.165) is 5.56 Å². The van der Waals surface area contributed by atoms with Gasteiger partial charge in [-0.05, 0) is 52.8 Å². The molecule has 2 N–H and O–H groups in total. The third-order valence-electron chi connectivity index (χ3n) is 5.50. The Hall–Kier alpha value is -3.36. The lowest BCUT2D eigenvalue weighted by Crippen LogP contribution is -2.47. The summed E-state index contributed by atoms with van der Waals surface area (Å²) in [6.45, 7) is 4.64. The van der Waals surface area contributed by atoms with Gasteiger partial charge < -0.3 is 15.4 Å². The van der Waals surface area contributed by atoms with Crippen LogP contribution in [0.3, 0.4) is 0 Å². The maximum atomic E-state index is 13.3. The summed E-state index contributed by atoms with van der Waals surface area (Å²) in [7, 11) is 0. The summed E-state index contributed by atoms with van der Waals surface area (Å²) in [5.41, 5.74) is 1.95.